The number of nitrogens with zero attached hydrogens (tertiary/aromatic N) is 6. The maximum atomic E-state index is 13.5. The maximum Gasteiger partial charge on any atom is 0.352 e. The first-order chi connectivity index (χ1) is 17.7. The van der Waals surface area contributed by atoms with Crippen LogP contribution in [0.5, 0.6) is 0 Å². The van der Waals surface area contributed by atoms with Crippen molar-refractivity contribution in [2.45, 2.75) is 22.7 Å². The van der Waals surface area contributed by atoms with Crippen molar-refractivity contribution in [2.24, 2.45) is 0 Å². The van der Waals surface area contributed by atoms with E-state index in [2.05, 4.69) is 20.5 Å². The first kappa shape index (κ1) is 25.4. The summed E-state index contributed by atoms with van der Waals surface area (Å²) in [4.78, 5) is 56.8. The van der Waals surface area contributed by atoms with E-state index in [0.29, 0.717) is 21.4 Å². The van der Waals surface area contributed by atoms with Gasteiger partial charge in [0.1, 0.15) is 27.5 Å². The number of thioether (sulfide) groups is 2. The number of thiazole rings is 1. The number of rotatable bonds is 8. The van der Waals surface area contributed by atoms with Gasteiger partial charge in [-0.3, -0.25) is 19.9 Å². The summed E-state index contributed by atoms with van der Waals surface area (Å²) in [5.41, 5.74) is 5.54. The summed E-state index contributed by atoms with van der Waals surface area (Å²) in [6.07, 6.45) is 0. The summed E-state index contributed by atoms with van der Waals surface area (Å²) in [5.74, 6) is -2.22. The van der Waals surface area contributed by atoms with Crippen molar-refractivity contribution in [3.8, 4) is 0 Å². The molecule has 0 aromatic carbocycles. The van der Waals surface area contributed by atoms with E-state index in [1.54, 1.807) is 0 Å². The molecule has 0 saturated carbocycles. The van der Waals surface area contributed by atoms with Crippen molar-refractivity contribution in [3.05, 3.63) is 27.4 Å². The third-order valence-corrected chi connectivity index (χ3v) is 9.71. The highest BCUT2D eigenvalue weighted by Crippen LogP contribution is 2.44. The number of β-lactam (4-membered cyclic amide) rings is 1. The average Bonchev–Trinajstić information content (AvgIpc) is 3.60. The fraction of sp³-hybridized carbons (Fsp3) is 0.368. The van der Waals surface area contributed by atoms with Crippen LogP contribution in [0.25, 0.3) is 0 Å². The van der Waals surface area contributed by atoms with E-state index in [9.17, 15) is 24.3 Å². The molecule has 0 aliphatic carbocycles. The van der Waals surface area contributed by atoms with Crippen molar-refractivity contribution >= 4 is 80.9 Å². The number of carboxylic acids is 1. The number of aromatic nitrogens is 3. The predicted octanol–water partition coefficient (Wildman–Crippen LogP) is 0.437. The number of aryl methyl sites for hydroxylation is 1. The number of amides is 4. The Morgan fingerprint density at radius 3 is 2.76 bits per heavy atom. The Hall–Kier alpha value is -3.22. The second kappa shape index (κ2) is 9.92. The fourth-order valence-electron chi connectivity index (χ4n) is 4.03. The number of nitrogens with two attached hydrogens (primary N) is 1. The second-order valence-corrected chi connectivity index (χ2v) is 12.3. The van der Waals surface area contributed by atoms with Gasteiger partial charge in [-0.05, 0) is 12.5 Å². The molecule has 0 radical (unpaired) electrons. The number of carboxylic acid groups (broad SMARTS) is 1. The van der Waals surface area contributed by atoms with Crippen LogP contribution in [-0.2, 0) is 14.4 Å². The van der Waals surface area contributed by atoms with Crippen molar-refractivity contribution in [1.82, 2.24) is 35.4 Å². The van der Waals surface area contributed by atoms with Gasteiger partial charge in [-0.2, -0.15) is 0 Å². The lowest BCUT2D eigenvalue weighted by atomic mass is 10.0. The molecule has 1 unspecified atom stereocenters. The van der Waals surface area contributed by atoms with Crippen LogP contribution in [0.2, 0.25) is 0 Å². The molecular weight excluding hydrogens is 563 g/mol. The molecule has 0 bridgehead atoms. The minimum absolute atomic E-state index is 0.0226. The Morgan fingerprint density at radius 1 is 1.38 bits per heavy atom. The van der Waals surface area contributed by atoms with E-state index < -0.39 is 40.9 Å². The number of hydrogen-bond donors (Lipinski definition) is 4. The zero-order chi connectivity index (χ0) is 26.4. The molecule has 18 heteroatoms. The molecule has 5 heterocycles. The minimum Gasteiger partial charge on any atom is -0.477 e. The van der Waals surface area contributed by atoms with Crippen LogP contribution in [0.3, 0.4) is 0 Å². The number of hydrazine groups is 1. The Kier molecular flexibility index (Phi) is 6.82. The van der Waals surface area contributed by atoms with Crippen LogP contribution in [-0.4, -0.2) is 101 Å². The molecule has 3 aliphatic heterocycles. The number of urea groups is 1. The Bertz CT molecular complexity index is 1360. The van der Waals surface area contributed by atoms with Gasteiger partial charge in [-0.25, -0.2) is 24.6 Å². The molecule has 14 nitrogen and oxygen atoms in total. The third-order valence-electron chi connectivity index (χ3n) is 5.66. The first-order valence-corrected chi connectivity index (χ1v) is 14.4. The van der Waals surface area contributed by atoms with Gasteiger partial charge in [-0.15, -0.1) is 33.3 Å². The number of nitrogen functional groups attached to an aromatic ring is 1. The van der Waals surface area contributed by atoms with Crippen LogP contribution in [0.15, 0.2) is 21.0 Å². The van der Waals surface area contributed by atoms with Gasteiger partial charge in [0.2, 0.25) is 0 Å². The SMILES string of the molecule is Cc1nnc(SCC2=C(C(=O)O)N3C(=O)C(N(C(=O)C(=N)c4csc(N)n4)N4CCNC4=O)[C@H]3SC2)s1. The lowest BCUT2D eigenvalue weighted by Crippen LogP contribution is -2.74. The molecule has 5 rings (SSSR count). The highest BCUT2D eigenvalue weighted by Gasteiger charge is 2.59. The molecule has 4 amide bonds. The van der Waals surface area contributed by atoms with Crippen LogP contribution in [0.4, 0.5) is 9.93 Å². The Labute approximate surface area is 225 Å². The summed E-state index contributed by atoms with van der Waals surface area (Å²) < 4.78 is 0.688. The Morgan fingerprint density at radius 2 is 2.16 bits per heavy atom. The number of aliphatic carboxylic acids is 1. The molecule has 194 valence electrons. The zero-order valence-corrected chi connectivity index (χ0v) is 22.3. The van der Waals surface area contributed by atoms with E-state index in [1.807, 2.05) is 6.92 Å². The summed E-state index contributed by atoms with van der Waals surface area (Å²) in [5, 5.41) is 32.6. The van der Waals surface area contributed by atoms with Gasteiger partial charge < -0.3 is 16.2 Å². The number of nitrogens with one attached hydrogen (secondary N) is 2. The van der Waals surface area contributed by atoms with Gasteiger partial charge in [0.25, 0.3) is 11.8 Å². The van der Waals surface area contributed by atoms with Gasteiger partial charge in [-0.1, -0.05) is 23.1 Å². The zero-order valence-electron chi connectivity index (χ0n) is 19.0. The lowest BCUT2D eigenvalue weighted by molar-refractivity contribution is -0.169. The fourth-order valence-corrected chi connectivity index (χ4v) is 7.92. The summed E-state index contributed by atoms with van der Waals surface area (Å²) >= 11 is 5.07. The number of carbonyl (C=O) groups excluding carboxylic acids is 3. The molecule has 2 aromatic rings. The van der Waals surface area contributed by atoms with Crippen molar-refractivity contribution in [2.75, 3.05) is 30.3 Å². The smallest absolute Gasteiger partial charge is 0.352 e. The molecule has 2 saturated heterocycles. The predicted molar refractivity (Wildman–Crippen MR) is 137 cm³/mol. The minimum atomic E-state index is -1.26. The normalized spacial score (nSPS) is 21.0. The van der Waals surface area contributed by atoms with E-state index in [1.165, 1.54) is 40.2 Å². The number of hydrogen-bond acceptors (Lipinski definition) is 13. The average molecular weight is 582 g/mol. The van der Waals surface area contributed by atoms with Crippen molar-refractivity contribution < 1.29 is 24.3 Å². The molecular formula is C19H19N9O5S4. The van der Waals surface area contributed by atoms with Crippen LogP contribution in [0.1, 0.15) is 10.7 Å². The molecule has 2 aromatic heterocycles. The lowest BCUT2D eigenvalue weighted by Gasteiger charge is -2.53. The molecule has 3 aliphatic rings. The van der Waals surface area contributed by atoms with Crippen LogP contribution >= 0.6 is 46.2 Å². The molecule has 2 fully saturated rings. The van der Waals surface area contributed by atoms with E-state index in [4.69, 9.17) is 11.1 Å². The largest absolute Gasteiger partial charge is 0.477 e. The monoisotopic (exact) mass is 581 g/mol. The number of anilines is 1. The van der Waals surface area contributed by atoms with Crippen molar-refractivity contribution in [1.29, 1.82) is 5.41 Å². The quantitative estimate of drug-likeness (QED) is 0.192. The van der Waals surface area contributed by atoms with Gasteiger partial charge in [0.15, 0.2) is 15.5 Å². The molecule has 0 spiro atoms. The van der Waals surface area contributed by atoms with E-state index >= 15 is 0 Å². The standard InChI is InChI=1S/C19H19N9O5S4/c1-7-24-25-19(37-7)36-5-8-4-34-15-12(14(30)27(15)11(8)16(31)32)28(26-3-2-22-18(26)33)13(29)10(20)9-6-35-17(21)23-9/h6,12,15,20H,2-5H2,1H3,(H2,21,23)(H,22,33)(H,31,32)/t12?,15-/m1/s1. The number of fused-ring (bicyclic) bond motifs is 1. The second-order valence-electron chi connectivity index (χ2n) is 7.94. The highest BCUT2D eigenvalue weighted by atomic mass is 32.2. The first-order valence-electron chi connectivity index (χ1n) is 10.7. The van der Waals surface area contributed by atoms with Gasteiger partial charge >= 0.3 is 12.0 Å². The molecule has 37 heavy (non-hydrogen) atoms. The third kappa shape index (κ3) is 4.53. The van der Waals surface area contributed by atoms with E-state index in [0.717, 1.165) is 31.3 Å². The van der Waals surface area contributed by atoms with Crippen LogP contribution < -0.4 is 11.1 Å². The molecule has 5 N–H and O–H groups in total. The topological polar surface area (TPSA) is 199 Å². The van der Waals surface area contributed by atoms with Gasteiger partial charge in [0.05, 0.1) is 6.54 Å². The summed E-state index contributed by atoms with van der Waals surface area (Å²) in [6.45, 7) is 2.16. The van der Waals surface area contributed by atoms with Crippen LogP contribution in [0, 0.1) is 12.3 Å². The highest BCUT2D eigenvalue weighted by molar-refractivity contribution is 8.01. The molecule has 2 atom stereocenters. The number of carbonyl (C=O) groups is 4. The Balaban J connectivity index is 1.43. The summed E-state index contributed by atoms with van der Waals surface area (Å²) in [7, 11) is 0. The van der Waals surface area contributed by atoms with Gasteiger partial charge in [0, 0.05) is 23.4 Å². The maximum absolute atomic E-state index is 13.5. The van der Waals surface area contributed by atoms with E-state index in [-0.39, 0.29) is 29.6 Å². The van der Waals surface area contributed by atoms with Crippen molar-refractivity contribution in [3.63, 3.8) is 0 Å². The summed E-state index contributed by atoms with van der Waals surface area (Å²) in [6, 6.07) is -1.77.